The van der Waals surface area contributed by atoms with Crippen molar-refractivity contribution in [3.05, 3.63) is 34.6 Å². The fourth-order valence-corrected chi connectivity index (χ4v) is 1.76. The minimum Gasteiger partial charge on any atom is -0.481 e. The zero-order valence-corrected chi connectivity index (χ0v) is 11.2. The van der Waals surface area contributed by atoms with E-state index in [1.165, 1.54) is 12.1 Å². The summed E-state index contributed by atoms with van der Waals surface area (Å²) in [5.41, 5.74) is 0.275. The third-order valence-electron chi connectivity index (χ3n) is 2.59. The molecule has 0 heterocycles. The van der Waals surface area contributed by atoms with Crippen molar-refractivity contribution in [2.24, 2.45) is 0 Å². The second kappa shape index (κ2) is 7.09. The monoisotopic (exact) mass is 287 g/mol. The molecule has 19 heavy (non-hydrogen) atoms. The number of benzene rings is 1. The highest BCUT2D eigenvalue weighted by Crippen LogP contribution is 2.16. The molecule has 0 aliphatic carbocycles. The number of carbonyl (C=O) groups is 2. The van der Waals surface area contributed by atoms with Crippen LogP contribution in [0.3, 0.4) is 0 Å². The molecule has 1 rings (SSSR count). The molecule has 1 unspecified atom stereocenters. The number of halogens is 2. The van der Waals surface area contributed by atoms with E-state index in [0.717, 1.165) is 6.07 Å². The predicted octanol–water partition coefficient (Wildman–Crippen LogP) is 2.85. The van der Waals surface area contributed by atoms with E-state index in [4.69, 9.17) is 16.7 Å². The van der Waals surface area contributed by atoms with Gasteiger partial charge in [0, 0.05) is 18.0 Å². The highest BCUT2D eigenvalue weighted by Gasteiger charge is 2.12. The van der Waals surface area contributed by atoms with Gasteiger partial charge in [0.05, 0.1) is 5.02 Å². The lowest BCUT2D eigenvalue weighted by molar-refractivity contribution is -0.137. The first-order valence-electron chi connectivity index (χ1n) is 5.88. The normalized spacial score (nSPS) is 11.9. The first-order chi connectivity index (χ1) is 8.90. The zero-order valence-electron chi connectivity index (χ0n) is 10.5. The summed E-state index contributed by atoms with van der Waals surface area (Å²) >= 11 is 5.59. The molecule has 6 heteroatoms. The van der Waals surface area contributed by atoms with Gasteiger partial charge in [-0.1, -0.05) is 11.6 Å². The van der Waals surface area contributed by atoms with Crippen LogP contribution in [0, 0.1) is 5.82 Å². The van der Waals surface area contributed by atoms with E-state index in [2.05, 4.69) is 5.32 Å². The Hall–Kier alpha value is -1.62. The molecule has 0 radical (unpaired) electrons. The highest BCUT2D eigenvalue weighted by atomic mass is 35.5. The topological polar surface area (TPSA) is 66.4 Å². The van der Waals surface area contributed by atoms with Gasteiger partial charge < -0.3 is 10.4 Å². The van der Waals surface area contributed by atoms with Crippen molar-refractivity contribution in [3.8, 4) is 0 Å². The van der Waals surface area contributed by atoms with Crippen LogP contribution in [-0.2, 0) is 4.79 Å². The summed E-state index contributed by atoms with van der Waals surface area (Å²) in [5.74, 6) is -1.79. The summed E-state index contributed by atoms with van der Waals surface area (Å²) in [5, 5.41) is 11.1. The average Bonchev–Trinajstić information content (AvgIpc) is 2.32. The van der Waals surface area contributed by atoms with Gasteiger partial charge in [0.2, 0.25) is 0 Å². The number of carboxylic acid groups (broad SMARTS) is 1. The van der Waals surface area contributed by atoms with Gasteiger partial charge >= 0.3 is 5.97 Å². The van der Waals surface area contributed by atoms with Crippen molar-refractivity contribution in [1.82, 2.24) is 5.32 Å². The summed E-state index contributed by atoms with van der Waals surface area (Å²) in [6, 6.07) is 3.58. The Bertz CT molecular complexity index is 479. The fraction of sp³-hybridized carbons (Fsp3) is 0.385. The summed E-state index contributed by atoms with van der Waals surface area (Å²) in [6.07, 6.45) is 1.12. The van der Waals surface area contributed by atoms with Crippen LogP contribution >= 0.6 is 11.6 Å². The average molecular weight is 288 g/mol. The number of hydrogen-bond donors (Lipinski definition) is 2. The quantitative estimate of drug-likeness (QED) is 0.845. The zero-order chi connectivity index (χ0) is 14.4. The van der Waals surface area contributed by atoms with E-state index in [9.17, 15) is 14.0 Å². The van der Waals surface area contributed by atoms with E-state index < -0.39 is 11.8 Å². The standard InChI is InChI=1S/C13H15ClFNO3/c1-8(3-2-4-12(17)18)16-13(19)9-5-6-11(15)10(14)7-9/h5-8H,2-4H2,1H3,(H,16,19)(H,17,18). The van der Waals surface area contributed by atoms with Crippen molar-refractivity contribution in [2.75, 3.05) is 0 Å². The third kappa shape index (κ3) is 5.26. The van der Waals surface area contributed by atoms with Gasteiger partial charge in [-0.3, -0.25) is 9.59 Å². The molecule has 0 aromatic heterocycles. The van der Waals surface area contributed by atoms with E-state index in [-0.39, 0.29) is 29.0 Å². The van der Waals surface area contributed by atoms with E-state index in [1.54, 1.807) is 6.92 Å². The molecular weight excluding hydrogens is 273 g/mol. The Labute approximate surface area is 115 Å². The summed E-state index contributed by atoms with van der Waals surface area (Å²) in [4.78, 5) is 22.2. The van der Waals surface area contributed by atoms with Gasteiger partial charge in [-0.15, -0.1) is 0 Å². The van der Waals surface area contributed by atoms with E-state index in [1.807, 2.05) is 0 Å². The largest absolute Gasteiger partial charge is 0.481 e. The number of carbonyl (C=O) groups excluding carboxylic acids is 1. The maximum Gasteiger partial charge on any atom is 0.303 e. The first kappa shape index (κ1) is 15.4. The molecule has 104 valence electrons. The molecular formula is C13H15ClFNO3. The second-order valence-electron chi connectivity index (χ2n) is 4.29. The van der Waals surface area contributed by atoms with Crippen LogP contribution in [0.5, 0.6) is 0 Å². The van der Waals surface area contributed by atoms with Crippen molar-refractivity contribution in [3.63, 3.8) is 0 Å². The van der Waals surface area contributed by atoms with Gasteiger partial charge in [0.15, 0.2) is 0 Å². The second-order valence-corrected chi connectivity index (χ2v) is 4.70. The highest BCUT2D eigenvalue weighted by molar-refractivity contribution is 6.31. The molecule has 4 nitrogen and oxygen atoms in total. The van der Waals surface area contributed by atoms with Gasteiger partial charge in [-0.2, -0.15) is 0 Å². The van der Waals surface area contributed by atoms with Crippen molar-refractivity contribution in [2.45, 2.75) is 32.2 Å². The molecule has 1 amide bonds. The fourth-order valence-electron chi connectivity index (χ4n) is 1.58. The Morgan fingerprint density at radius 2 is 2.16 bits per heavy atom. The number of aliphatic carboxylic acids is 1. The summed E-state index contributed by atoms with van der Waals surface area (Å²) < 4.78 is 12.9. The lowest BCUT2D eigenvalue weighted by Crippen LogP contribution is -2.32. The van der Waals surface area contributed by atoms with Crippen LogP contribution in [0.1, 0.15) is 36.5 Å². The van der Waals surface area contributed by atoms with Crippen molar-refractivity contribution < 1.29 is 19.1 Å². The Kier molecular flexibility index (Phi) is 5.76. The first-order valence-corrected chi connectivity index (χ1v) is 6.25. The third-order valence-corrected chi connectivity index (χ3v) is 2.88. The predicted molar refractivity (Wildman–Crippen MR) is 69.8 cm³/mol. The van der Waals surface area contributed by atoms with Crippen molar-refractivity contribution >= 4 is 23.5 Å². The molecule has 2 N–H and O–H groups in total. The van der Waals surface area contributed by atoms with Gasteiger partial charge in [0.25, 0.3) is 5.91 Å². The summed E-state index contributed by atoms with van der Waals surface area (Å²) in [6.45, 7) is 1.78. The number of carboxylic acids is 1. The molecule has 1 aromatic carbocycles. The number of nitrogens with one attached hydrogen (secondary N) is 1. The van der Waals surface area contributed by atoms with Crippen LogP contribution in [0.15, 0.2) is 18.2 Å². The minimum atomic E-state index is -0.858. The summed E-state index contributed by atoms with van der Waals surface area (Å²) in [7, 11) is 0. The van der Waals surface area contributed by atoms with Crippen LogP contribution < -0.4 is 5.32 Å². The molecule has 0 spiro atoms. The molecule has 0 bridgehead atoms. The Balaban J connectivity index is 2.49. The van der Waals surface area contributed by atoms with Gasteiger partial charge in [0.1, 0.15) is 5.82 Å². The maximum atomic E-state index is 12.9. The molecule has 1 aromatic rings. The van der Waals surface area contributed by atoms with Gasteiger partial charge in [-0.05, 0) is 38.0 Å². The number of hydrogen-bond acceptors (Lipinski definition) is 2. The van der Waals surface area contributed by atoms with E-state index >= 15 is 0 Å². The van der Waals surface area contributed by atoms with E-state index in [0.29, 0.717) is 12.8 Å². The Morgan fingerprint density at radius 1 is 1.47 bits per heavy atom. The van der Waals surface area contributed by atoms with Crippen LogP contribution in [0.4, 0.5) is 4.39 Å². The van der Waals surface area contributed by atoms with Gasteiger partial charge in [-0.25, -0.2) is 4.39 Å². The lowest BCUT2D eigenvalue weighted by atomic mass is 10.1. The molecule has 0 saturated carbocycles. The lowest BCUT2D eigenvalue weighted by Gasteiger charge is -2.13. The van der Waals surface area contributed by atoms with Crippen molar-refractivity contribution in [1.29, 1.82) is 0 Å². The van der Waals surface area contributed by atoms with Crippen LogP contribution in [-0.4, -0.2) is 23.0 Å². The maximum absolute atomic E-state index is 12.9. The minimum absolute atomic E-state index is 0.0720. The van der Waals surface area contributed by atoms with Crippen LogP contribution in [0.25, 0.3) is 0 Å². The Morgan fingerprint density at radius 3 is 2.74 bits per heavy atom. The smallest absolute Gasteiger partial charge is 0.303 e. The molecule has 0 fully saturated rings. The molecule has 0 aliphatic rings. The van der Waals surface area contributed by atoms with Crippen LogP contribution in [0.2, 0.25) is 5.02 Å². The number of amides is 1. The SMILES string of the molecule is CC(CCCC(=O)O)NC(=O)c1ccc(F)c(Cl)c1. The molecule has 0 aliphatic heterocycles. The molecule has 0 saturated heterocycles. The molecule has 1 atom stereocenters. The number of rotatable bonds is 6.